The number of carbonyl (C=O) groups excluding carboxylic acids is 2. The van der Waals surface area contributed by atoms with Gasteiger partial charge in [0.1, 0.15) is 0 Å². The van der Waals surface area contributed by atoms with E-state index in [1.54, 1.807) is 18.9 Å². The van der Waals surface area contributed by atoms with Gasteiger partial charge in [0.2, 0.25) is 11.8 Å². The highest BCUT2D eigenvalue weighted by atomic mass is 79.9. The molecule has 0 radical (unpaired) electrons. The molecule has 0 saturated heterocycles. The highest BCUT2D eigenvalue weighted by molar-refractivity contribution is 9.10. The van der Waals surface area contributed by atoms with Gasteiger partial charge in [-0.15, -0.1) is 0 Å². The SMILES string of the molecule is CNC(=O)[C@H](CC(C)C)C[C@H](O)[C@H](CC1CCCCC1)N(C(C)=O)c1c[nH]c2ccc(Br)cc12. The number of nitrogens with zero attached hydrogens (tertiary/aromatic N) is 1. The summed E-state index contributed by atoms with van der Waals surface area (Å²) in [6.07, 6.45) is 8.74. The monoisotopic (exact) mass is 533 g/mol. The lowest BCUT2D eigenvalue weighted by Crippen LogP contribution is -2.49. The third-order valence-corrected chi connectivity index (χ3v) is 7.69. The Morgan fingerprint density at radius 1 is 1.21 bits per heavy atom. The molecule has 0 unspecified atom stereocenters. The molecule has 2 aromatic rings. The number of carbonyl (C=O) groups is 2. The van der Waals surface area contributed by atoms with E-state index in [2.05, 4.69) is 40.1 Å². The van der Waals surface area contributed by atoms with Crippen LogP contribution >= 0.6 is 15.9 Å². The average Bonchev–Trinajstić information content (AvgIpc) is 3.20. The molecule has 0 aliphatic heterocycles. The fourth-order valence-electron chi connectivity index (χ4n) is 5.59. The molecule has 1 fully saturated rings. The molecule has 7 heteroatoms. The van der Waals surface area contributed by atoms with Crippen LogP contribution < -0.4 is 10.2 Å². The van der Waals surface area contributed by atoms with Crippen molar-refractivity contribution in [2.24, 2.45) is 17.8 Å². The zero-order valence-corrected chi connectivity index (χ0v) is 22.5. The number of H-pyrrole nitrogens is 1. The zero-order valence-electron chi connectivity index (χ0n) is 20.9. The summed E-state index contributed by atoms with van der Waals surface area (Å²) >= 11 is 3.55. The van der Waals surface area contributed by atoms with E-state index in [1.165, 1.54) is 19.3 Å². The molecule has 3 N–H and O–H groups in total. The van der Waals surface area contributed by atoms with Crippen molar-refractivity contribution in [3.63, 3.8) is 0 Å². The first-order valence-electron chi connectivity index (χ1n) is 12.7. The number of benzene rings is 1. The molecule has 1 aromatic carbocycles. The molecule has 34 heavy (non-hydrogen) atoms. The smallest absolute Gasteiger partial charge is 0.224 e. The number of aromatic nitrogens is 1. The molecule has 3 rings (SSSR count). The van der Waals surface area contributed by atoms with Gasteiger partial charge in [-0.1, -0.05) is 61.9 Å². The van der Waals surface area contributed by atoms with Crippen molar-refractivity contribution in [3.05, 3.63) is 28.9 Å². The van der Waals surface area contributed by atoms with Crippen LogP contribution in [0.2, 0.25) is 0 Å². The minimum atomic E-state index is -0.802. The van der Waals surface area contributed by atoms with Crippen molar-refractivity contribution >= 4 is 44.3 Å². The molecule has 1 aliphatic rings. The summed E-state index contributed by atoms with van der Waals surface area (Å²) in [5.74, 6) is 0.368. The van der Waals surface area contributed by atoms with Gasteiger partial charge in [0.05, 0.1) is 17.8 Å². The summed E-state index contributed by atoms with van der Waals surface area (Å²) in [5, 5.41) is 15.3. The van der Waals surface area contributed by atoms with Crippen molar-refractivity contribution in [1.82, 2.24) is 10.3 Å². The topological polar surface area (TPSA) is 85.4 Å². The second-order valence-electron chi connectivity index (χ2n) is 10.3. The quantitative estimate of drug-likeness (QED) is 0.361. The molecule has 0 spiro atoms. The highest BCUT2D eigenvalue weighted by Gasteiger charge is 2.35. The fourth-order valence-corrected chi connectivity index (χ4v) is 5.95. The Morgan fingerprint density at radius 2 is 1.91 bits per heavy atom. The number of aliphatic hydroxyl groups excluding tert-OH is 1. The lowest BCUT2D eigenvalue weighted by molar-refractivity contribution is -0.126. The second-order valence-corrected chi connectivity index (χ2v) is 11.2. The predicted molar refractivity (Wildman–Crippen MR) is 142 cm³/mol. The number of nitrogens with one attached hydrogen (secondary N) is 2. The minimum absolute atomic E-state index is 0.0467. The largest absolute Gasteiger partial charge is 0.391 e. The molecule has 3 atom stereocenters. The van der Waals surface area contributed by atoms with E-state index in [0.29, 0.717) is 24.7 Å². The van der Waals surface area contributed by atoms with Gasteiger partial charge in [0, 0.05) is 41.5 Å². The van der Waals surface area contributed by atoms with Gasteiger partial charge in [-0.25, -0.2) is 0 Å². The lowest BCUT2D eigenvalue weighted by Gasteiger charge is -2.38. The van der Waals surface area contributed by atoms with E-state index in [1.807, 2.05) is 24.4 Å². The maximum atomic E-state index is 13.1. The molecular formula is C27H40BrN3O3. The Balaban J connectivity index is 1.98. The van der Waals surface area contributed by atoms with E-state index in [0.717, 1.165) is 40.3 Å². The lowest BCUT2D eigenvalue weighted by atomic mass is 9.81. The molecular weight excluding hydrogens is 494 g/mol. The second kappa shape index (κ2) is 12.2. The van der Waals surface area contributed by atoms with Crippen LogP contribution in [0.3, 0.4) is 0 Å². The number of amides is 2. The van der Waals surface area contributed by atoms with Crippen molar-refractivity contribution in [1.29, 1.82) is 0 Å². The summed E-state index contributed by atoms with van der Waals surface area (Å²) in [5.41, 5.74) is 1.72. The Labute approximate surface area is 212 Å². The molecule has 1 heterocycles. The van der Waals surface area contributed by atoms with Crippen molar-refractivity contribution < 1.29 is 14.7 Å². The average molecular weight is 535 g/mol. The summed E-state index contributed by atoms with van der Waals surface area (Å²) < 4.78 is 0.936. The first kappa shape index (κ1) is 26.7. The molecule has 0 bridgehead atoms. The van der Waals surface area contributed by atoms with Crippen LogP contribution in [0.4, 0.5) is 5.69 Å². The first-order valence-corrected chi connectivity index (χ1v) is 13.5. The van der Waals surface area contributed by atoms with E-state index in [9.17, 15) is 14.7 Å². The van der Waals surface area contributed by atoms with Crippen molar-refractivity contribution in [2.75, 3.05) is 11.9 Å². The minimum Gasteiger partial charge on any atom is -0.391 e. The van der Waals surface area contributed by atoms with Crippen LogP contribution in [-0.4, -0.2) is 41.1 Å². The van der Waals surface area contributed by atoms with Crippen molar-refractivity contribution in [2.45, 2.75) is 84.3 Å². The molecule has 2 amide bonds. The van der Waals surface area contributed by atoms with Crippen LogP contribution in [-0.2, 0) is 9.59 Å². The Morgan fingerprint density at radius 3 is 2.53 bits per heavy atom. The third kappa shape index (κ3) is 6.63. The number of anilines is 1. The number of hydrogen-bond acceptors (Lipinski definition) is 3. The zero-order chi connectivity index (χ0) is 24.8. The summed E-state index contributed by atoms with van der Waals surface area (Å²) in [4.78, 5) is 30.8. The summed E-state index contributed by atoms with van der Waals surface area (Å²) in [6, 6.07) is 5.57. The summed E-state index contributed by atoms with van der Waals surface area (Å²) in [6.45, 7) is 5.75. The van der Waals surface area contributed by atoms with Gasteiger partial charge in [0.25, 0.3) is 0 Å². The van der Waals surface area contributed by atoms with E-state index < -0.39 is 12.1 Å². The standard InChI is InChI=1S/C27H40BrN3O3/c1-17(2)12-20(27(34)29-4)14-26(33)24(13-19-8-6-5-7-9-19)31(18(3)32)25-16-30-23-11-10-21(28)15-22(23)25/h10-11,15-17,19-20,24,26,30,33H,5-9,12-14H2,1-4H3,(H,29,34)/t20-,24+,26+/m1/s1. The van der Waals surface area contributed by atoms with Crippen LogP contribution in [0.25, 0.3) is 10.9 Å². The van der Waals surface area contributed by atoms with Gasteiger partial charge in [-0.2, -0.15) is 0 Å². The Hall–Kier alpha value is -1.86. The first-order chi connectivity index (χ1) is 16.2. The van der Waals surface area contributed by atoms with Crippen LogP contribution in [0.15, 0.2) is 28.9 Å². The maximum Gasteiger partial charge on any atom is 0.224 e. The van der Waals surface area contributed by atoms with Gasteiger partial charge < -0.3 is 20.3 Å². The third-order valence-electron chi connectivity index (χ3n) is 7.20. The fraction of sp³-hybridized carbons (Fsp3) is 0.630. The number of hydrogen-bond donors (Lipinski definition) is 3. The van der Waals surface area contributed by atoms with E-state index in [4.69, 9.17) is 0 Å². The Bertz CT molecular complexity index is 967. The number of fused-ring (bicyclic) bond motifs is 1. The predicted octanol–water partition coefficient (Wildman–Crippen LogP) is 5.78. The van der Waals surface area contributed by atoms with Gasteiger partial charge in [-0.05, 0) is 49.3 Å². The normalized spacial score (nSPS) is 17.5. The van der Waals surface area contributed by atoms with E-state index in [-0.39, 0.29) is 17.7 Å². The van der Waals surface area contributed by atoms with Crippen LogP contribution in [0.1, 0.15) is 72.1 Å². The molecule has 188 valence electrons. The Kier molecular flexibility index (Phi) is 9.60. The van der Waals surface area contributed by atoms with Gasteiger partial charge in [0.15, 0.2) is 0 Å². The molecule has 1 saturated carbocycles. The van der Waals surface area contributed by atoms with Crippen molar-refractivity contribution in [3.8, 4) is 0 Å². The molecule has 1 aromatic heterocycles. The van der Waals surface area contributed by atoms with Gasteiger partial charge in [-0.3, -0.25) is 9.59 Å². The molecule has 6 nitrogen and oxygen atoms in total. The van der Waals surface area contributed by atoms with Crippen LogP contribution in [0, 0.1) is 17.8 Å². The number of halogens is 1. The maximum absolute atomic E-state index is 13.1. The highest BCUT2D eigenvalue weighted by Crippen LogP contribution is 2.36. The van der Waals surface area contributed by atoms with E-state index >= 15 is 0 Å². The van der Waals surface area contributed by atoms with Gasteiger partial charge >= 0.3 is 0 Å². The number of aliphatic hydroxyl groups is 1. The number of rotatable bonds is 10. The molecule has 1 aliphatic carbocycles. The number of aromatic amines is 1. The van der Waals surface area contributed by atoms with Crippen LogP contribution in [0.5, 0.6) is 0 Å². The summed E-state index contributed by atoms with van der Waals surface area (Å²) in [7, 11) is 1.65.